The van der Waals surface area contributed by atoms with Gasteiger partial charge in [-0.3, -0.25) is 0 Å². The number of hydrogen-bond acceptors (Lipinski definition) is 5. The minimum atomic E-state index is 0.645. The van der Waals surface area contributed by atoms with Crippen molar-refractivity contribution in [2.75, 3.05) is 11.4 Å². The summed E-state index contributed by atoms with van der Waals surface area (Å²) in [5.41, 5.74) is 8.23. The molecule has 3 heterocycles. The van der Waals surface area contributed by atoms with Crippen molar-refractivity contribution in [2.24, 2.45) is 0 Å². The number of hydrogen-bond donors (Lipinski definition) is 2. The van der Waals surface area contributed by atoms with Gasteiger partial charge in [-0.1, -0.05) is 71.3 Å². The third-order valence-electron chi connectivity index (χ3n) is 6.32. The van der Waals surface area contributed by atoms with Gasteiger partial charge in [-0.2, -0.15) is 5.21 Å². The Labute approximate surface area is 201 Å². The summed E-state index contributed by atoms with van der Waals surface area (Å²) in [6.45, 7) is 1.65. The highest BCUT2D eigenvalue weighted by molar-refractivity contribution is 6.33. The smallest absolute Gasteiger partial charge is 0.266 e. The normalized spacial score (nSPS) is 13.1. The number of imidazole rings is 1. The predicted molar refractivity (Wildman–Crippen MR) is 133 cm³/mol. The molecular formula is C26H22ClN7. The van der Waals surface area contributed by atoms with Crippen LogP contribution in [0.5, 0.6) is 0 Å². The van der Waals surface area contributed by atoms with Gasteiger partial charge in [0.25, 0.3) is 5.95 Å². The maximum Gasteiger partial charge on any atom is 0.266 e. The molecule has 3 aromatic carbocycles. The van der Waals surface area contributed by atoms with Crippen molar-refractivity contribution in [1.29, 1.82) is 0 Å². The number of halogens is 1. The van der Waals surface area contributed by atoms with E-state index in [1.54, 1.807) is 0 Å². The summed E-state index contributed by atoms with van der Waals surface area (Å²) in [6.07, 6.45) is 3.64. The topological polar surface area (TPSA) is 86.4 Å². The van der Waals surface area contributed by atoms with Gasteiger partial charge >= 0.3 is 0 Å². The number of rotatable bonds is 5. The van der Waals surface area contributed by atoms with E-state index in [2.05, 4.69) is 78.0 Å². The van der Waals surface area contributed by atoms with Gasteiger partial charge in [0.1, 0.15) is 5.82 Å². The Morgan fingerprint density at radius 3 is 2.76 bits per heavy atom. The molecule has 168 valence electrons. The molecule has 6 rings (SSSR count). The molecule has 5 aromatic rings. The largest absolute Gasteiger partial charge is 0.338 e. The third kappa shape index (κ3) is 3.95. The van der Waals surface area contributed by atoms with Crippen molar-refractivity contribution < 1.29 is 0 Å². The molecule has 8 heteroatoms. The van der Waals surface area contributed by atoms with E-state index in [0.717, 1.165) is 48.6 Å². The van der Waals surface area contributed by atoms with E-state index in [-0.39, 0.29) is 0 Å². The van der Waals surface area contributed by atoms with Gasteiger partial charge in [-0.25, -0.2) is 4.98 Å². The van der Waals surface area contributed by atoms with Gasteiger partial charge < -0.3 is 9.88 Å². The van der Waals surface area contributed by atoms with Gasteiger partial charge in [0.2, 0.25) is 0 Å². The van der Waals surface area contributed by atoms with E-state index in [9.17, 15) is 0 Å². The van der Waals surface area contributed by atoms with Crippen molar-refractivity contribution in [1.82, 2.24) is 30.6 Å². The average molecular weight is 468 g/mol. The van der Waals surface area contributed by atoms with Crippen molar-refractivity contribution >= 4 is 17.5 Å². The molecule has 0 fully saturated rings. The van der Waals surface area contributed by atoms with E-state index in [0.29, 0.717) is 11.0 Å². The summed E-state index contributed by atoms with van der Waals surface area (Å²) >= 11 is 6.58. The molecule has 0 amide bonds. The molecule has 34 heavy (non-hydrogen) atoms. The zero-order chi connectivity index (χ0) is 22.9. The summed E-state index contributed by atoms with van der Waals surface area (Å²) in [4.78, 5) is 10.2. The summed E-state index contributed by atoms with van der Waals surface area (Å²) < 4.78 is 0. The first-order valence-electron chi connectivity index (χ1n) is 11.2. The van der Waals surface area contributed by atoms with Crippen molar-refractivity contribution in [2.45, 2.75) is 19.4 Å². The summed E-state index contributed by atoms with van der Waals surface area (Å²) in [7, 11) is 0. The number of tetrazole rings is 1. The lowest BCUT2D eigenvalue weighted by molar-refractivity contribution is 0.703. The highest BCUT2D eigenvalue weighted by Gasteiger charge is 2.21. The minimum absolute atomic E-state index is 0.645. The number of benzene rings is 3. The molecular weight excluding hydrogens is 446 g/mol. The molecule has 0 unspecified atom stereocenters. The molecule has 0 saturated carbocycles. The Morgan fingerprint density at radius 1 is 1.00 bits per heavy atom. The van der Waals surface area contributed by atoms with E-state index in [4.69, 9.17) is 11.6 Å². The maximum absolute atomic E-state index is 6.58. The molecule has 0 radical (unpaired) electrons. The Hall–Kier alpha value is -3.97. The van der Waals surface area contributed by atoms with Crippen LogP contribution in [-0.4, -0.2) is 37.1 Å². The third-order valence-corrected chi connectivity index (χ3v) is 6.65. The highest BCUT2D eigenvalue weighted by atomic mass is 35.5. The number of H-pyrrole nitrogens is 2. The number of nitrogens with one attached hydrogen (secondary N) is 2. The maximum atomic E-state index is 6.58. The van der Waals surface area contributed by atoms with Crippen LogP contribution in [0.4, 0.5) is 5.95 Å². The number of nitrogens with zero attached hydrogens (tertiary/aromatic N) is 5. The second kappa shape index (κ2) is 8.76. The van der Waals surface area contributed by atoms with Gasteiger partial charge in [-0.15, -0.1) is 5.10 Å². The molecule has 0 atom stereocenters. The fourth-order valence-corrected chi connectivity index (χ4v) is 4.83. The van der Waals surface area contributed by atoms with Crippen LogP contribution in [0.1, 0.15) is 22.3 Å². The van der Waals surface area contributed by atoms with Crippen LogP contribution in [0, 0.1) is 0 Å². The molecule has 0 spiro atoms. The quantitative estimate of drug-likeness (QED) is 0.377. The predicted octanol–water partition coefficient (Wildman–Crippen LogP) is 5.06. The average Bonchev–Trinajstić information content (AvgIpc) is 3.59. The van der Waals surface area contributed by atoms with Crippen LogP contribution in [0.15, 0.2) is 72.9 Å². The highest BCUT2D eigenvalue weighted by Crippen LogP contribution is 2.31. The molecule has 7 nitrogen and oxygen atoms in total. The monoisotopic (exact) mass is 467 g/mol. The number of anilines is 1. The Morgan fingerprint density at radius 2 is 1.91 bits per heavy atom. The number of aromatic nitrogens is 6. The van der Waals surface area contributed by atoms with Crippen molar-refractivity contribution in [3.8, 4) is 22.6 Å². The fourth-order valence-electron chi connectivity index (χ4n) is 4.62. The van der Waals surface area contributed by atoms with E-state index < -0.39 is 0 Å². The molecule has 0 bridgehead atoms. The minimum Gasteiger partial charge on any atom is -0.338 e. The Kier molecular flexibility index (Phi) is 5.31. The summed E-state index contributed by atoms with van der Waals surface area (Å²) in [5, 5.41) is 15.2. The molecule has 0 saturated heterocycles. The SMILES string of the molecule is Clc1ccc(Cc2cccc3c2CCN(c2nn[nH]n2)C3)cc1-c1ncc(-c2ccccc2)[nH]1. The van der Waals surface area contributed by atoms with Crippen LogP contribution in [0.2, 0.25) is 5.02 Å². The summed E-state index contributed by atoms with van der Waals surface area (Å²) in [6, 6.07) is 22.9. The second-order valence-electron chi connectivity index (χ2n) is 8.44. The lowest BCUT2D eigenvalue weighted by atomic mass is 9.91. The van der Waals surface area contributed by atoms with Gasteiger partial charge in [0, 0.05) is 18.7 Å². The first kappa shape index (κ1) is 20.6. The molecule has 1 aliphatic heterocycles. The molecule has 1 aliphatic rings. The van der Waals surface area contributed by atoms with Gasteiger partial charge in [-0.05, 0) is 58.0 Å². The zero-order valence-electron chi connectivity index (χ0n) is 18.4. The van der Waals surface area contributed by atoms with E-state index >= 15 is 0 Å². The fraction of sp³-hybridized carbons (Fsp3) is 0.154. The van der Waals surface area contributed by atoms with E-state index in [1.165, 1.54) is 22.3 Å². The number of aromatic amines is 2. The van der Waals surface area contributed by atoms with Crippen LogP contribution >= 0.6 is 11.6 Å². The lowest BCUT2D eigenvalue weighted by Crippen LogP contribution is -2.31. The van der Waals surface area contributed by atoms with Crippen LogP contribution in [0.3, 0.4) is 0 Å². The first-order chi connectivity index (χ1) is 16.7. The van der Waals surface area contributed by atoms with Crippen molar-refractivity contribution in [3.05, 3.63) is 100 Å². The van der Waals surface area contributed by atoms with Gasteiger partial charge in [0.15, 0.2) is 0 Å². The summed E-state index contributed by atoms with van der Waals surface area (Å²) in [5.74, 6) is 1.42. The Balaban J connectivity index is 1.27. The second-order valence-corrected chi connectivity index (χ2v) is 8.85. The van der Waals surface area contributed by atoms with Gasteiger partial charge in [0.05, 0.1) is 16.9 Å². The lowest BCUT2D eigenvalue weighted by Gasteiger charge is -2.29. The standard InChI is InChI=1S/C26H22ClN7/c27-23-10-9-17(14-22(23)25-28-15-24(29-25)18-5-2-1-3-6-18)13-19-7-4-8-20-16-34(12-11-21(19)20)26-30-32-33-31-26/h1-10,14-15H,11-13,16H2,(H,28,29)(H,30,31,32,33). The molecule has 2 aromatic heterocycles. The van der Waals surface area contributed by atoms with Crippen LogP contribution in [-0.2, 0) is 19.4 Å². The first-order valence-corrected chi connectivity index (χ1v) is 11.6. The molecule has 0 aliphatic carbocycles. The van der Waals surface area contributed by atoms with Crippen molar-refractivity contribution in [3.63, 3.8) is 0 Å². The van der Waals surface area contributed by atoms with Crippen LogP contribution < -0.4 is 4.90 Å². The zero-order valence-corrected chi connectivity index (χ0v) is 19.1. The van der Waals surface area contributed by atoms with Crippen LogP contribution in [0.25, 0.3) is 22.6 Å². The molecule has 2 N–H and O–H groups in total. The Bertz CT molecular complexity index is 1430. The van der Waals surface area contributed by atoms with E-state index in [1.807, 2.05) is 30.5 Å². The number of fused-ring (bicyclic) bond motifs is 1.